The fourth-order valence-electron chi connectivity index (χ4n) is 1.53. The van der Waals surface area contributed by atoms with E-state index in [1.165, 1.54) is 0 Å². The number of hydrogen-bond acceptors (Lipinski definition) is 2. The molecule has 16 heavy (non-hydrogen) atoms. The summed E-state index contributed by atoms with van der Waals surface area (Å²) >= 11 is 5.84. The minimum Gasteiger partial charge on any atom is -0.330 e. The Morgan fingerprint density at radius 2 is 1.94 bits per heavy atom. The van der Waals surface area contributed by atoms with E-state index < -0.39 is 0 Å². The topological polar surface area (TPSA) is 43.8 Å². The molecule has 0 atom stereocenters. The zero-order valence-corrected chi connectivity index (χ0v) is 9.69. The molecule has 4 heteroatoms. The summed E-state index contributed by atoms with van der Waals surface area (Å²) in [7, 11) is 0. The molecule has 0 saturated carbocycles. The lowest BCUT2D eigenvalue weighted by Gasteiger charge is -1.98. The first-order valence-corrected chi connectivity index (χ1v) is 5.66. The Balaban J connectivity index is 2.15. The molecule has 3 nitrogen and oxygen atoms in total. The van der Waals surface area contributed by atoms with Gasteiger partial charge < -0.3 is 5.73 Å². The van der Waals surface area contributed by atoms with Gasteiger partial charge in [-0.15, -0.1) is 0 Å². The molecule has 84 valence electrons. The molecular formula is C12H14ClN3. The quantitative estimate of drug-likeness (QED) is 0.885. The van der Waals surface area contributed by atoms with E-state index in [-0.39, 0.29) is 0 Å². The van der Waals surface area contributed by atoms with Crippen LogP contribution in [0.2, 0.25) is 5.02 Å². The number of halogens is 1. The Bertz CT molecular complexity index is 448. The molecule has 0 fully saturated rings. The molecule has 0 unspecified atom stereocenters. The second kappa shape index (κ2) is 5.14. The standard InChI is InChI=1S/C12H14ClN3/c13-12-4-2-10(3-5-12)11-8-15-16(9-11)7-1-6-14/h2-5,8-9H,1,6-7,14H2. The first kappa shape index (κ1) is 11.2. The van der Waals surface area contributed by atoms with Gasteiger partial charge in [0.05, 0.1) is 6.20 Å². The highest BCUT2D eigenvalue weighted by Crippen LogP contribution is 2.20. The summed E-state index contributed by atoms with van der Waals surface area (Å²) in [4.78, 5) is 0. The predicted molar refractivity (Wildman–Crippen MR) is 66.3 cm³/mol. The summed E-state index contributed by atoms with van der Waals surface area (Å²) in [6.07, 6.45) is 4.83. The van der Waals surface area contributed by atoms with Gasteiger partial charge in [0.1, 0.15) is 0 Å². The number of rotatable bonds is 4. The van der Waals surface area contributed by atoms with E-state index in [1.54, 1.807) is 0 Å². The molecule has 0 bridgehead atoms. The maximum atomic E-state index is 5.84. The van der Waals surface area contributed by atoms with E-state index >= 15 is 0 Å². The van der Waals surface area contributed by atoms with Crippen LogP contribution in [0.3, 0.4) is 0 Å². The van der Waals surface area contributed by atoms with Crippen molar-refractivity contribution in [3.8, 4) is 11.1 Å². The third-order valence-corrected chi connectivity index (χ3v) is 2.65. The SMILES string of the molecule is NCCCn1cc(-c2ccc(Cl)cc2)cn1. The zero-order valence-electron chi connectivity index (χ0n) is 8.94. The zero-order chi connectivity index (χ0) is 11.4. The van der Waals surface area contributed by atoms with E-state index in [2.05, 4.69) is 5.10 Å². The first-order chi connectivity index (χ1) is 7.79. The Hall–Kier alpha value is -1.32. The van der Waals surface area contributed by atoms with Crippen molar-refractivity contribution in [2.24, 2.45) is 5.73 Å². The number of aromatic nitrogens is 2. The first-order valence-electron chi connectivity index (χ1n) is 5.28. The van der Waals surface area contributed by atoms with Crippen LogP contribution in [0.15, 0.2) is 36.7 Å². The van der Waals surface area contributed by atoms with Crippen LogP contribution >= 0.6 is 11.6 Å². The summed E-state index contributed by atoms with van der Waals surface area (Å²) in [5.74, 6) is 0. The van der Waals surface area contributed by atoms with Crippen LogP contribution in [0.1, 0.15) is 6.42 Å². The van der Waals surface area contributed by atoms with Gasteiger partial charge in [-0.05, 0) is 30.7 Å². The van der Waals surface area contributed by atoms with E-state index in [9.17, 15) is 0 Å². The van der Waals surface area contributed by atoms with Crippen molar-refractivity contribution in [3.63, 3.8) is 0 Å². The van der Waals surface area contributed by atoms with Crippen molar-refractivity contribution >= 4 is 11.6 Å². The molecule has 0 aliphatic rings. The minimum atomic E-state index is 0.691. The van der Waals surface area contributed by atoms with E-state index in [0.29, 0.717) is 6.54 Å². The van der Waals surface area contributed by atoms with Crippen LogP contribution in [-0.4, -0.2) is 16.3 Å². The normalized spacial score (nSPS) is 10.6. The van der Waals surface area contributed by atoms with Crippen LogP contribution in [-0.2, 0) is 6.54 Å². The van der Waals surface area contributed by atoms with Crippen LogP contribution in [0.4, 0.5) is 0 Å². The number of nitrogens with two attached hydrogens (primary N) is 1. The van der Waals surface area contributed by atoms with Gasteiger partial charge in [-0.25, -0.2) is 0 Å². The van der Waals surface area contributed by atoms with Gasteiger partial charge in [0.25, 0.3) is 0 Å². The van der Waals surface area contributed by atoms with Crippen molar-refractivity contribution in [2.45, 2.75) is 13.0 Å². The Kier molecular flexibility index (Phi) is 3.59. The molecule has 0 saturated heterocycles. The average molecular weight is 236 g/mol. The van der Waals surface area contributed by atoms with Crippen LogP contribution < -0.4 is 5.73 Å². The molecular weight excluding hydrogens is 222 g/mol. The lowest BCUT2D eigenvalue weighted by Crippen LogP contribution is -2.05. The molecule has 0 aliphatic carbocycles. The third kappa shape index (κ3) is 2.62. The van der Waals surface area contributed by atoms with Crippen molar-refractivity contribution in [1.82, 2.24) is 9.78 Å². The largest absolute Gasteiger partial charge is 0.330 e. The number of hydrogen-bond donors (Lipinski definition) is 1. The summed E-state index contributed by atoms with van der Waals surface area (Å²) in [6.45, 7) is 1.56. The highest BCUT2D eigenvalue weighted by Gasteiger charge is 2.01. The Labute approximate surface area is 99.8 Å². The molecule has 0 spiro atoms. The maximum Gasteiger partial charge on any atom is 0.0568 e. The fourth-order valence-corrected chi connectivity index (χ4v) is 1.66. The lowest BCUT2D eigenvalue weighted by molar-refractivity contribution is 0.585. The molecule has 0 radical (unpaired) electrons. The average Bonchev–Trinajstić information content (AvgIpc) is 2.76. The molecule has 2 rings (SSSR count). The van der Waals surface area contributed by atoms with Gasteiger partial charge in [-0.3, -0.25) is 4.68 Å². The van der Waals surface area contributed by atoms with Crippen molar-refractivity contribution in [3.05, 3.63) is 41.7 Å². The molecule has 2 aromatic rings. The molecule has 1 heterocycles. The monoisotopic (exact) mass is 235 g/mol. The van der Waals surface area contributed by atoms with Gasteiger partial charge in [-0.1, -0.05) is 23.7 Å². The van der Waals surface area contributed by atoms with Crippen molar-refractivity contribution < 1.29 is 0 Å². The van der Waals surface area contributed by atoms with Crippen LogP contribution in [0.5, 0.6) is 0 Å². The lowest BCUT2D eigenvalue weighted by atomic mass is 10.1. The van der Waals surface area contributed by atoms with E-state index in [0.717, 1.165) is 29.1 Å². The Morgan fingerprint density at radius 1 is 1.19 bits per heavy atom. The smallest absolute Gasteiger partial charge is 0.0568 e. The highest BCUT2D eigenvalue weighted by atomic mass is 35.5. The molecule has 1 aromatic heterocycles. The second-order valence-electron chi connectivity index (χ2n) is 3.64. The van der Waals surface area contributed by atoms with Crippen LogP contribution in [0, 0.1) is 0 Å². The number of aryl methyl sites for hydroxylation is 1. The Morgan fingerprint density at radius 3 is 2.62 bits per heavy atom. The molecule has 0 aliphatic heterocycles. The fraction of sp³-hybridized carbons (Fsp3) is 0.250. The van der Waals surface area contributed by atoms with Gasteiger partial charge in [0, 0.05) is 23.3 Å². The van der Waals surface area contributed by atoms with Gasteiger partial charge in [0.15, 0.2) is 0 Å². The van der Waals surface area contributed by atoms with Crippen molar-refractivity contribution in [1.29, 1.82) is 0 Å². The van der Waals surface area contributed by atoms with Crippen LogP contribution in [0.25, 0.3) is 11.1 Å². The summed E-state index contributed by atoms with van der Waals surface area (Å²) in [5.41, 5.74) is 7.69. The highest BCUT2D eigenvalue weighted by molar-refractivity contribution is 6.30. The summed E-state index contributed by atoms with van der Waals surface area (Å²) in [6, 6.07) is 7.75. The van der Waals surface area contributed by atoms with Crippen molar-refractivity contribution in [2.75, 3.05) is 6.54 Å². The summed E-state index contributed by atoms with van der Waals surface area (Å²) in [5, 5.41) is 5.03. The van der Waals surface area contributed by atoms with E-state index in [1.807, 2.05) is 41.3 Å². The minimum absolute atomic E-state index is 0.691. The third-order valence-electron chi connectivity index (χ3n) is 2.40. The van der Waals surface area contributed by atoms with E-state index in [4.69, 9.17) is 17.3 Å². The predicted octanol–water partition coefficient (Wildman–Crippen LogP) is 2.55. The second-order valence-corrected chi connectivity index (χ2v) is 4.08. The molecule has 2 N–H and O–H groups in total. The maximum absolute atomic E-state index is 5.84. The van der Waals surface area contributed by atoms with Gasteiger partial charge >= 0.3 is 0 Å². The molecule has 0 amide bonds. The van der Waals surface area contributed by atoms with Gasteiger partial charge in [-0.2, -0.15) is 5.10 Å². The molecule has 1 aromatic carbocycles. The van der Waals surface area contributed by atoms with Gasteiger partial charge in [0.2, 0.25) is 0 Å². The summed E-state index contributed by atoms with van der Waals surface area (Å²) < 4.78 is 1.91. The number of benzene rings is 1. The number of nitrogens with zero attached hydrogens (tertiary/aromatic N) is 2.